The molecule has 0 aliphatic rings. The molecule has 0 saturated heterocycles. The van der Waals surface area contributed by atoms with Crippen LogP contribution in [0.1, 0.15) is 0 Å². The zero-order valence-electron chi connectivity index (χ0n) is 8.56. The number of hydrogen-bond acceptors (Lipinski definition) is 4. The minimum atomic E-state index is 0.949. The van der Waals surface area contributed by atoms with Crippen molar-refractivity contribution in [2.75, 3.05) is 0 Å². The largest absolute Gasteiger partial charge is 0.159 e. The van der Waals surface area contributed by atoms with Gasteiger partial charge in [-0.15, -0.1) is 0 Å². The van der Waals surface area contributed by atoms with Gasteiger partial charge in [-0.2, -0.15) is 20.4 Å². The van der Waals surface area contributed by atoms with E-state index in [9.17, 15) is 0 Å². The summed E-state index contributed by atoms with van der Waals surface area (Å²) in [5, 5.41) is 15.9. The highest BCUT2D eigenvalue weighted by Crippen LogP contribution is 2.06. The molecule has 78 valence electrons. The first-order chi connectivity index (χ1) is 7.97. The predicted octanol–water partition coefficient (Wildman–Crippen LogP) is 2.11. The summed E-state index contributed by atoms with van der Waals surface area (Å²) in [5.41, 5.74) is 0.949. The Labute approximate surface area is 93.0 Å². The van der Waals surface area contributed by atoms with Crippen LogP contribution in [-0.2, 0) is 0 Å². The molecule has 0 N–H and O–H groups in total. The molecule has 0 radical (unpaired) electrons. The summed E-state index contributed by atoms with van der Waals surface area (Å²) in [6.07, 6.45) is 4.97. The molecule has 0 bridgehead atoms. The highest BCUT2D eigenvalue weighted by molar-refractivity contribution is 5.77. The Bertz CT molecular complexity index is 447. The van der Waals surface area contributed by atoms with Crippen LogP contribution in [0.3, 0.4) is 0 Å². The molecular formula is C12H10N4. The lowest BCUT2D eigenvalue weighted by Gasteiger charge is -1.90. The SMILES string of the molecule is c1ccc2nnccc2c1.c1ccnnc1. The first-order valence-electron chi connectivity index (χ1n) is 4.85. The van der Waals surface area contributed by atoms with Gasteiger partial charge in [-0.05, 0) is 24.3 Å². The first kappa shape index (κ1) is 10.2. The maximum absolute atomic E-state index is 3.93. The van der Waals surface area contributed by atoms with E-state index in [1.165, 1.54) is 0 Å². The molecule has 0 fully saturated rings. The summed E-state index contributed by atoms with van der Waals surface area (Å²) in [6.45, 7) is 0. The lowest BCUT2D eigenvalue weighted by atomic mass is 10.2. The molecule has 3 rings (SSSR count). The number of hydrogen-bond donors (Lipinski definition) is 0. The van der Waals surface area contributed by atoms with E-state index < -0.39 is 0 Å². The fourth-order valence-corrected chi connectivity index (χ4v) is 1.18. The monoisotopic (exact) mass is 210 g/mol. The zero-order valence-corrected chi connectivity index (χ0v) is 8.56. The van der Waals surface area contributed by atoms with E-state index in [0.717, 1.165) is 10.9 Å². The van der Waals surface area contributed by atoms with Gasteiger partial charge in [0.15, 0.2) is 0 Å². The molecule has 2 heterocycles. The van der Waals surface area contributed by atoms with Gasteiger partial charge in [-0.3, -0.25) is 0 Å². The van der Waals surface area contributed by atoms with Gasteiger partial charge < -0.3 is 0 Å². The van der Waals surface area contributed by atoms with E-state index in [1.807, 2.05) is 42.5 Å². The normalized spacial score (nSPS) is 9.25. The van der Waals surface area contributed by atoms with Crippen molar-refractivity contribution in [1.29, 1.82) is 0 Å². The van der Waals surface area contributed by atoms with Crippen molar-refractivity contribution >= 4 is 10.9 Å². The highest BCUT2D eigenvalue weighted by Gasteiger charge is 1.87. The van der Waals surface area contributed by atoms with Gasteiger partial charge in [0.2, 0.25) is 0 Å². The zero-order chi connectivity index (χ0) is 11.1. The summed E-state index contributed by atoms with van der Waals surface area (Å²) in [6, 6.07) is 13.5. The second-order valence-corrected chi connectivity index (χ2v) is 3.00. The standard InChI is InChI=1S/C8H6N2.C4H4N2/c1-2-4-8-7(3-1)5-6-9-10-8;1-2-4-6-5-3-1/h1-6H;1-4H. The third kappa shape index (κ3) is 2.81. The van der Waals surface area contributed by atoms with Crippen molar-refractivity contribution in [3.63, 3.8) is 0 Å². The molecule has 4 heteroatoms. The Morgan fingerprint density at radius 1 is 0.625 bits per heavy atom. The van der Waals surface area contributed by atoms with Crippen LogP contribution in [0.15, 0.2) is 61.1 Å². The fourth-order valence-electron chi connectivity index (χ4n) is 1.18. The van der Waals surface area contributed by atoms with Crippen LogP contribution in [0.5, 0.6) is 0 Å². The number of aromatic nitrogens is 4. The van der Waals surface area contributed by atoms with Crippen LogP contribution >= 0.6 is 0 Å². The third-order valence-corrected chi connectivity index (χ3v) is 1.91. The average molecular weight is 210 g/mol. The average Bonchev–Trinajstić information content (AvgIpc) is 2.42. The van der Waals surface area contributed by atoms with Crippen LogP contribution in [-0.4, -0.2) is 20.4 Å². The van der Waals surface area contributed by atoms with E-state index in [-0.39, 0.29) is 0 Å². The van der Waals surface area contributed by atoms with Crippen LogP contribution in [0.2, 0.25) is 0 Å². The molecule has 3 aromatic rings. The van der Waals surface area contributed by atoms with E-state index in [2.05, 4.69) is 20.4 Å². The minimum absolute atomic E-state index is 0.949. The second kappa shape index (κ2) is 5.50. The molecule has 0 saturated carbocycles. The molecule has 0 aliphatic carbocycles. The number of fused-ring (bicyclic) bond motifs is 1. The molecule has 1 aromatic carbocycles. The summed E-state index contributed by atoms with van der Waals surface area (Å²) in [7, 11) is 0. The Morgan fingerprint density at radius 3 is 2.00 bits per heavy atom. The first-order valence-corrected chi connectivity index (χ1v) is 4.85. The summed E-state index contributed by atoms with van der Waals surface area (Å²) in [4.78, 5) is 0. The topological polar surface area (TPSA) is 51.6 Å². The fraction of sp³-hybridized carbons (Fsp3) is 0. The van der Waals surface area contributed by atoms with Gasteiger partial charge in [0, 0.05) is 17.8 Å². The number of benzene rings is 1. The van der Waals surface area contributed by atoms with Crippen molar-refractivity contribution in [2.24, 2.45) is 0 Å². The molecule has 16 heavy (non-hydrogen) atoms. The molecule has 0 atom stereocenters. The van der Waals surface area contributed by atoms with Crippen molar-refractivity contribution in [1.82, 2.24) is 20.4 Å². The van der Waals surface area contributed by atoms with E-state index in [4.69, 9.17) is 0 Å². The molecule has 0 amide bonds. The predicted molar refractivity (Wildman–Crippen MR) is 61.6 cm³/mol. The Morgan fingerprint density at radius 2 is 1.38 bits per heavy atom. The summed E-state index contributed by atoms with van der Waals surface area (Å²) < 4.78 is 0. The van der Waals surface area contributed by atoms with E-state index in [1.54, 1.807) is 18.6 Å². The highest BCUT2D eigenvalue weighted by atomic mass is 15.1. The van der Waals surface area contributed by atoms with Crippen molar-refractivity contribution < 1.29 is 0 Å². The maximum atomic E-state index is 3.93. The van der Waals surface area contributed by atoms with E-state index in [0.29, 0.717) is 0 Å². The van der Waals surface area contributed by atoms with Crippen LogP contribution < -0.4 is 0 Å². The minimum Gasteiger partial charge on any atom is -0.159 e. The van der Waals surface area contributed by atoms with Crippen LogP contribution in [0.4, 0.5) is 0 Å². The second-order valence-electron chi connectivity index (χ2n) is 3.00. The molecular weight excluding hydrogens is 200 g/mol. The lowest BCUT2D eigenvalue weighted by Crippen LogP contribution is -1.79. The molecule has 2 aromatic heterocycles. The Kier molecular flexibility index (Phi) is 3.50. The third-order valence-electron chi connectivity index (χ3n) is 1.91. The van der Waals surface area contributed by atoms with E-state index >= 15 is 0 Å². The van der Waals surface area contributed by atoms with Gasteiger partial charge in [-0.25, -0.2) is 0 Å². The number of rotatable bonds is 0. The molecule has 4 nitrogen and oxygen atoms in total. The quantitative estimate of drug-likeness (QED) is 0.570. The van der Waals surface area contributed by atoms with Gasteiger partial charge in [-0.1, -0.05) is 18.2 Å². The lowest BCUT2D eigenvalue weighted by molar-refractivity contribution is 1.03. The number of nitrogens with zero attached hydrogens (tertiary/aromatic N) is 4. The van der Waals surface area contributed by atoms with Gasteiger partial charge in [0.25, 0.3) is 0 Å². The van der Waals surface area contributed by atoms with Crippen molar-refractivity contribution in [3.8, 4) is 0 Å². The van der Waals surface area contributed by atoms with Crippen LogP contribution in [0.25, 0.3) is 10.9 Å². The molecule has 0 unspecified atom stereocenters. The molecule has 0 spiro atoms. The van der Waals surface area contributed by atoms with Crippen molar-refractivity contribution in [2.45, 2.75) is 0 Å². The Hall–Kier alpha value is -2.36. The Balaban J connectivity index is 0.000000138. The van der Waals surface area contributed by atoms with Gasteiger partial charge in [0.1, 0.15) is 0 Å². The van der Waals surface area contributed by atoms with Gasteiger partial charge >= 0.3 is 0 Å². The van der Waals surface area contributed by atoms with Gasteiger partial charge in [0.05, 0.1) is 11.7 Å². The summed E-state index contributed by atoms with van der Waals surface area (Å²) >= 11 is 0. The maximum Gasteiger partial charge on any atom is 0.0929 e. The van der Waals surface area contributed by atoms with Crippen molar-refractivity contribution in [3.05, 3.63) is 61.1 Å². The summed E-state index contributed by atoms with van der Waals surface area (Å²) in [5.74, 6) is 0. The molecule has 0 aliphatic heterocycles. The smallest absolute Gasteiger partial charge is 0.0929 e. The van der Waals surface area contributed by atoms with Crippen LogP contribution in [0, 0.1) is 0 Å².